The lowest BCUT2D eigenvalue weighted by Gasteiger charge is -2.23. The fourth-order valence-electron chi connectivity index (χ4n) is 2.37. The van der Waals surface area contributed by atoms with Gasteiger partial charge in [-0.25, -0.2) is 0 Å². The number of phenols is 2. The second kappa shape index (κ2) is 5.17. The van der Waals surface area contributed by atoms with Crippen LogP contribution in [-0.2, 0) is 4.79 Å². The normalized spacial score (nSPS) is 18.5. The van der Waals surface area contributed by atoms with Gasteiger partial charge in [-0.15, -0.1) is 0 Å². The van der Waals surface area contributed by atoms with Gasteiger partial charge in [0.25, 0.3) is 5.91 Å². The molecule has 0 aromatic heterocycles. The lowest BCUT2D eigenvalue weighted by Crippen LogP contribution is -2.36. The van der Waals surface area contributed by atoms with Gasteiger partial charge in [-0.1, -0.05) is 0 Å². The van der Waals surface area contributed by atoms with E-state index in [9.17, 15) is 19.8 Å². The van der Waals surface area contributed by atoms with Gasteiger partial charge in [-0.2, -0.15) is 0 Å². The number of amides is 1. The number of benzene rings is 1. The van der Waals surface area contributed by atoms with E-state index in [4.69, 9.17) is 5.11 Å². The number of carbonyl (C=O) groups excluding carboxylic acids is 1. The smallest absolute Gasteiger partial charge is 0.305 e. The van der Waals surface area contributed by atoms with Crippen LogP contribution in [0.3, 0.4) is 0 Å². The molecule has 1 fully saturated rings. The average Bonchev–Trinajstić information content (AvgIpc) is 2.75. The highest BCUT2D eigenvalue weighted by molar-refractivity contribution is 5.97. The lowest BCUT2D eigenvalue weighted by molar-refractivity contribution is -0.137. The monoisotopic (exact) mass is 265 g/mol. The minimum atomic E-state index is -0.945. The van der Waals surface area contributed by atoms with E-state index < -0.39 is 11.9 Å². The largest absolute Gasteiger partial charge is 0.508 e. The summed E-state index contributed by atoms with van der Waals surface area (Å²) < 4.78 is 0. The van der Waals surface area contributed by atoms with E-state index in [1.165, 1.54) is 17.0 Å². The zero-order valence-electron chi connectivity index (χ0n) is 10.2. The zero-order valence-corrected chi connectivity index (χ0v) is 10.2. The number of phenolic OH excluding ortho intramolecular Hbond substituents is 2. The SMILES string of the molecule is O=C(O)CC1CCCN1C(=O)c1ccc(O)cc1O. The van der Waals surface area contributed by atoms with Gasteiger partial charge >= 0.3 is 5.97 Å². The fourth-order valence-corrected chi connectivity index (χ4v) is 2.37. The number of aromatic hydroxyl groups is 2. The van der Waals surface area contributed by atoms with Gasteiger partial charge < -0.3 is 20.2 Å². The van der Waals surface area contributed by atoms with Gasteiger partial charge in [0.2, 0.25) is 0 Å². The van der Waals surface area contributed by atoms with E-state index in [-0.39, 0.29) is 29.5 Å². The van der Waals surface area contributed by atoms with Crippen molar-refractivity contribution in [3.8, 4) is 11.5 Å². The zero-order chi connectivity index (χ0) is 14.0. The van der Waals surface area contributed by atoms with Crippen molar-refractivity contribution in [3.63, 3.8) is 0 Å². The molecule has 0 radical (unpaired) electrons. The van der Waals surface area contributed by atoms with Gasteiger partial charge in [-0.05, 0) is 25.0 Å². The van der Waals surface area contributed by atoms with Crippen molar-refractivity contribution in [1.82, 2.24) is 4.90 Å². The molecule has 6 heteroatoms. The molecule has 102 valence electrons. The molecule has 1 saturated heterocycles. The molecule has 1 heterocycles. The van der Waals surface area contributed by atoms with Crippen LogP contribution in [0, 0.1) is 0 Å². The van der Waals surface area contributed by atoms with Gasteiger partial charge in [-0.3, -0.25) is 9.59 Å². The molecule has 1 atom stereocenters. The standard InChI is InChI=1S/C13H15NO5/c15-9-3-4-10(11(16)7-9)13(19)14-5-1-2-8(14)6-12(17)18/h3-4,7-8,15-16H,1-2,5-6H2,(H,17,18). The Balaban J connectivity index is 2.20. The summed E-state index contributed by atoms with van der Waals surface area (Å²) in [5, 5.41) is 27.7. The summed E-state index contributed by atoms with van der Waals surface area (Å²) >= 11 is 0. The van der Waals surface area contributed by atoms with E-state index in [1.54, 1.807) is 0 Å². The van der Waals surface area contributed by atoms with Crippen molar-refractivity contribution >= 4 is 11.9 Å². The van der Waals surface area contributed by atoms with Crippen LogP contribution in [-0.4, -0.2) is 44.7 Å². The molecule has 0 spiro atoms. The molecule has 1 aliphatic rings. The summed E-state index contributed by atoms with van der Waals surface area (Å²) in [5.74, 6) is -1.77. The van der Waals surface area contributed by atoms with Crippen LogP contribution in [0.5, 0.6) is 11.5 Å². The maximum Gasteiger partial charge on any atom is 0.305 e. The Morgan fingerprint density at radius 3 is 2.68 bits per heavy atom. The molecular weight excluding hydrogens is 250 g/mol. The first-order valence-electron chi connectivity index (χ1n) is 6.04. The summed E-state index contributed by atoms with van der Waals surface area (Å²) in [6, 6.07) is 3.41. The Kier molecular flexibility index (Phi) is 3.59. The second-order valence-electron chi connectivity index (χ2n) is 4.59. The number of likely N-dealkylation sites (tertiary alicyclic amines) is 1. The first-order valence-corrected chi connectivity index (χ1v) is 6.04. The number of hydrogen-bond donors (Lipinski definition) is 3. The highest BCUT2D eigenvalue weighted by atomic mass is 16.4. The number of carbonyl (C=O) groups is 2. The molecule has 1 unspecified atom stereocenters. The van der Waals surface area contributed by atoms with E-state index in [0.29, 0.717) is 13.0 Å². The molecule has 1 aromatic carbocycles. The molecule has 6 nitrogen and oxygen atoms in total. The highest BCUT2D eigenvalue weighted by Crippen LogP contribution is 2.28. The summed E-state index contributed by atoms with van der Waals surface area (Å²) in [7, 11) is 0. The van der Waals surface area contributed by atoms with Crippen LogP contribution < -0.4 is 0 Å². The number of hydrogen-bond acceptors (Lipinski definition) is 4. The Labute approximate surface area is 109 Å². The van der Waals surface area contributed by atoms with Crippen molar-refractivity contribution < 1.29 is 24.9 Å². The Bertz CT molecular complexity index is 514. The van der Waals surface area contributed by atoms with Crippen LogP contribution >= 0.6 is 0 Å². The first kappa shape index (κ1) is 13.2. The van der Waals surface area contributed by atoms with E-state index in [1.807, 2.05) is 0 Å². The lowest BCUT2D eigenvalue weighted by atomic mass is 10.1. The van der Waals surface area contributed by atoms with Crippen molar-refractivity contribution in [2.45, 2.75) is 25.3 Å². The van der Waals surface area contributed by atoms with Crippen LogP contribution in [0.2, 0.25) is 0 Å². The molecule has 1 amide bonds. The highest BCUT2D eigenvalue weighted by Gasteiger charge is 2.31. The Morgan fingerprint density at radius 2 is 2.05 bits per heavy atom. The van der Waals surface area contributed by atoms with E-state index >= 15 is 0 Å². The maximum atomic E-state index is 12.3. The van der Waals surface area contributed by atoms with Gasteiger partial charge in [0.05, 0.1) is 12.0 Å². The minimum Gasteiger partial charge on any atom is -0.508 e. The number of rotatable bonds is 3. The number of nitrogens with zero attached hydrogens (tertiary/aromatic N) is 1. The third-order valence-electron chi connectivity index (χ3n) is 3.26. The predicted molar refractivity (Wildman–Crippen MR) is 66.1 cm³/mol. The number of carboxylic acids is 1. The van der Waals surface area contributed by atoms with Crippen molar-refractivity contribution in [2.75, 3.05) is 6.54 Å². The Morgan fingerprint density at radius 1 is 1.32 bits per heavy atom. The maximum absolute atomic E-state index is 12.3. The fraction of sp³-hybridized carbons (Fsp3) is 0.385. The van der Waals surface area contributed by atoms with Crippen LogP contribution in [0.4, 0.5) is 0 Å². The van der Waals surface area contributed by atoms with Gasteiger partial charge in [0.15, 0.2) is 0 Å². The molecule has 1 aliphatic heterocycles. The van der Waals surface area contributed by atoms with Crippen LogP contribution in [0.25, 0.3) is 0 Å². The van der Waals surface area contributed by atoms with E-state index in [0.717, 1.165) is 12.5 Å². The quantitative estimate of drug-likeness (QED) is 0.762. The third kappa shape index (κ3) is 2.78. The van der Waals surface area contributed by atoms with Crippen molar-refractivity contribution in [2.24, 2.45) is 0 Å². The molecule has 0 aliphatic carbocycles. The van der Waals surface area contributed by atoms with Gasteiger partial charge in [0.1, 0.15) is 11.5 Å². The Hall–Kier alpha value is -2.24. The summed E-state index contributed by atoms with van der Waals surface area (Å²) in [6.07, 6.45) is 1.31. The molecule has 3 N–H and O–H groups in total. The van der Waals surface area contributed by atoms with Crippen molar-refractivity contribution in [3.05, 3.63) is 23.8 Å². The summed E-state index contributed by atoms with van der Waals surface area (Å²) in [6.45, 7) is 0.483. The summed E-state index contributed by atoms with van der Waals surface area (Å²) in [5.41, 5.74) is 0.0788. The molecule has 2 rings (SSSR count). The molecule has 19 heavy (non-hydrogen) atoms. The van der Waals surface area contributed by atoms with Crippen LogP contribution in [0.1, 0.15) is 29.6 Å². The molecule has 0 bridgehead atoms. The molecular formula is C13H15NO5. The van der Waals surface area contributed by atoms with Gasteiger partial charge in [0, 0.05) is 18.7 Å². The number of aliphatic carboxylic acids is 1. The number of carboxylic acid groups (broad SMARTS) is 1. The molecule has 0 saturated carbocycles. The van der Waals surface area contributed by atoms with Crippen LogP contribution in [0.15, 0.2) is 18.2 Å². The van der Waals surface area contributed by atoms with Crippen molar-refractivity contribution in [1.29, 1.82) is 0 Å². The second-order valence-corrected chi connectivity index (χ2v) is 4.59. The molecule has 1 aromatic rings. The third-order valence-corrected chi connectivity index (χ3v) is 3.26. The van der Waals surface area contributed by atoms with E-state index in [2.05, 4.69) is 0 Å². The minimum absolute atomic E-state index is 0.0788. The average molecular weight is 265 g/mol. The summed E-state index contributed by atoms with van der Waals surface area (Å²) in [4.78, 5) is 24.5. The predicted octanol–water partition coefficient (Wildman–Crippen LogP) is 1.18. The topological polar surface area (TPSA) is 98.1 Å². The first-order chi connectivity index (χ1) is 8.99.